The standard InChI is InChI=1S/C14H23N5O2/c1-10-7-13(18-15)12(8-16-10)14(20)17-11(2)9-19-3-5-21-6-4-19/h7-8,11H,3-6,9,15H2,1-2H3,(H,16,18)(H,17,20). The molecule has 1 amide bonds. The smallest absolute Gasteiger partial charge is 0.255 e. The van der Waals surface area contributed by atoms with Crippen molar-refractivity contribution in [1.29, 1.82) is 0 Å². The summed E-state index contributed by atoms with van der Waals surface area (Å²) in [6.07, 6.45) is 1.54. The van der Waals surface area contributed by atoms with Crippen molar-refractivity contribution in [2.75, 3.05) is 38.3 Å². The van der Waals surface area contributed by atoms with Gasteiger partial charge in [0.25, 0.3) is 5.91 Å². The Labute approximate surface area is 124 Å². The summed E-state index contributed by atoms with van der Waals surface area (Å²) in [7, 11) is 0. The number of nitrogens with two attached hydrogens (primary N) is 1. The largest absolute Gasteiger partial charge is 0.379 e. The molecule has 7 heteroatoms. The summed E-state index contributed by atoms with van der Waals surface area (Å²) in [6, 6.07) is 1.80. The molecule has 2 rings (SSSR count). The topological polar surface area (TPSA) is 92.5 Å². The number of amides is 1. The highest BCUT2D eigenvalue weighted by atomic mass is 16.5. The van der Waals surface area contributed by atoms with Crippen LogP contribution in [0.5, 0.6) is 0 Å². The first-order valence-electron chi connectivity index (χ1n) is 7.14. The number of aryl methyl sites for hydroxylation is 1. The van der Waals surface area contributed by atoms with Crippen LogP contribution >= 0.6 is 0 Å². The zero-order valence-corrected chi connectivity index (χ0v) is 12.6. The average Bonchev–Trinajstić information content (AvgIpc) is 2.47. The second-order valence-electron chi connectivity index (χ2n) is 5.30. The maximum absolute atomic E-state index is 12.3. The Morgan fingerprint density at radius 2 is 2.24 bits per heavy atom. The number of anilines is 1. The molecule has 1 atom stereocenters. The number of ether oxygens (including phenoxy) is 1. The first-order valence-corrected chi connectivity index (χ1v) is 7.14. The number of carbonyl (C=O) groups is 1. The van der Waals surface area contributed by atoms with Gasteiger partial charge >= 0.3 is 0 Å². The second kappa shape index (κ2) is 7.35. The third-order valence-corrected chi connectivity index (χ3v) is 3.45. The first-order chi connectivity index (χ1) is 10.1. The zero-order valence-electron chi connectivity index (χ0n) is 12.6. The van der Waals surface area contributed by atoms with Crippen LogP contribution in [0.15, 0.2) is 12.3 Å². The number of carbonyl (C=O) groups excluding carboxylic acids is 1. The van der Waals surface area contributed by atoms with Crippen molar-refractivity contribution in [2.45, 2.75) is 19.9 Å². The second-order valence-corrected chi connectivity index (χ2v) is 5.30. The van der Waals surface area contributed by atoms with E-state index in [1.165, 1.54) is 0 Å². The van der Waals surface area contributed by atoms with Gasteiger partial charge in [-0.3, -0.25) is 20.5 Å². The maximum atomic E-state index is 12.3. The Bertz CT molecular complexity index is 488. The summed E-state index contributed by atoms with van der Waals surface area (Å²) in [6.45, 7) is 7.96. The highest BCUT2D eigenvalue weighted by molar-refractivity contribution is 5.99. The van der Waals surface area contributed by atoms with Crippen molar-refractivity contribution in [3.63, 3.8) is 0 Å². The molecule has 0 aromatic carbocycles. The molecule has 0 saturated carbocycles. The third kappa shape index (κ3) is 4.38. The van der Waals surface area contributed by atoms with E-state index in [2.05, 4.69) is 20.6 Å². The van der Waals surface area contributed by atoms with Gasteiger partial charge in [-0.15, -0.1) is 0 Å². The number of rotatable bonds is 5. The number of nitrogens with one attached hydrogen (secondary N) is 2. The van der Waals surface area contributed by atoms with Crippen LogP contribution in [0.25, 0.3) is 0 Å². The molecular formula is C14H23N5O2. The normalized spacial score (nSPS) is 17.3. The molecule has 2 heterocycles. The van der Waals surface area contributed by atoms with Crippen molar-refractivity contribution < 1.29 is 9.53 Å². The van der Waals surface area contributed by atoms with Crippen molar-refractivity contribution in [1.82, 2.24) is 15.2 Å². The summed E-state index contributed by atoms with van der Waals surface area (Å²) in [5.41, 5.74) is 4.39. The Balaban J connectivity index is 1.94. The van der Waals surface area contributed by atoms with Gasteiger partial charge in [-0.05, 0) is 19.9 Å². The fourth-order valence-electron chi connectivity index (χ4n) is 2.38. The van der Waals surface area contributed by atoms with E-state index in [0.29, 0.717) is 11.3 Å². The molecule has 1 aromatic heterocycles. The fraction of sp³-hybridized carbons (Fsp3) is 0.571. The molecule has 116 valence electrons. The quantitative estimate of drug-likeness (QED) is 0.528. The highest BCUT2D eigenvalue weighted by Gasteiger charge is 2.17. The van der Waals surface area contributed by atoms with Gasteiger partial charge in [-0.2, -0.15) is 0 Å². The van der Waals surface area contributed by atoms with E-state index in [1.807, 2.05) is 13.8 Å². The van der Waals surface area contributed by atoms with E-state index in [4.69, 9.17) is 10.6 Å². The molecule has 0 aliphatic carbocycles. The lowest BCUT2D eigenvalue weighted by Crippen LogP contribution is -2.46. The number of nitrogens with zero attached hydrogens (tertiary/aromatic N) is 2. The van der Waals surface area contributed by atoms with Gasteiger partial charge < -0.3 is 15.5 Å². The Morgan fingerprint density at radius 3 is 2.90 bits per heavy atom. The molecule has 21 heavy (non-hydrogen) atoms. The third-order valence-electron chi connectivity index (χ3n) is 3.45. The summed E-state index contributed by atoms with van der Waals surface area (Å²) in [5, 5.41) is 2.98. The van der Waals surface area contributed by atoms with Gasteiger partial charge in [0.1, 0.15) is 0 Å². The molecule has 1 aliphatic heterocycles. The number of hydrazine groups is 1. The summed E-state index contributed by atoms with van der Waals surface area (Å²) in [5.74, 6) is 5.29. The fourth-order valence-corrected chi connectivity index (χ4v) is 2.38. The lowest BCUT2D eigenvalue weighted by atomic mass is 10.2. The van der Waals surface area contributed by atoms with Gasteiger partial charge in [-0.1, -0.05) is 0 Å². The van der Waals surface area contributed by atoms with Crippen molar-refractivity contribution >= 4 is 11.6 Å². The van der Waals surface area contributed by atoms with E-state index >= 15 is 0 Å². The molecule has 7 nitrogen and oxygen atoms in total. The molecule has 1 fully saturated rings. The lowest BCUT2D eigenvalue weighted by molar-refractivity contribution is 0.0342. The number of hydrogen-bond acceptors (Lipinski definition) is 6. The van der Waals surface area contributed by atoms with Crippen LogP contribution in [0.2, 0.25) is 0 Å². The van der Waals surface area contributed by atoms with Crippen LogP contribution in [0.1, 0.15) is 23.0 Å². The number of pyridine rings is 1. The van der Waals surface area contributed by atoms with Gasteiger partial charge in [0, 0.05) is 37.6 Å². The van der Waals surface area contributed by atoms with E-state index in [1.54, 1.807) is 12.3 Å². The Hall–Kier alpha value is -1.70. The molecule has 4 N–H and O–H groups in total. The number of aromatic nitrogens is 1. The number of morpholine rings is 1. The number of nitrogen functional groups attached to an aromatic ring is 1. The SMILES string of the molecule is Cc1cc(NN)c(C(=O)NC(C)CN2CCOCC2)cn1. The van der Waals surface area contributed by atoms with Crippen LogP contribution in [0.4, 0.5) is 5.69 Å². The zero-order chi connectivity index (χ0) is 15.2. The van der Waals surface area contributed by atoms with Crippen molar-refractivity contribution in [3.8, 4) is 0 Å². The van der Waals surface area contributed by atoms with E-state index < -0.39 is 0 Å². The summed E-state index contributed by atoms with van der Waals surface area (Å²) < 4.78 is 5.31. The van der Waals surface area contributed by atoms with Crippen LogP contribution < -0.4 is 16.6 Å². The van der Waals surface area contributed by atoms with Crippen molar-refractivity contribution in [3.05, 3.63) is 23.5 Å². The van der Waals surface area contributed by atoms with Crippen LogP contribution in [0.3, 0.4) is 0 Å². The van der Waals surface area contributed by atoms with Gasteiger partial charge in [0.05, 0.1) is 24.5 Å². The van der Waals surface area contributed by atoms with E-state index in [9.17, 15) is 4.79 Å². The molecule has 1 unspecified atom stereocenters. The molecule has 0 radical (unpaired) electrons. The molecule has 0 spiro atoms. The average molecular weight is 293 g/mol. The minimum Gasteiger partial charge on any atom is -0.379 e. The first kappa shape index (κ1) is 15.7. The molecular weight excluding hydrogens is 270 g/mol. The van der Waals surface area contributed by atoms with Gasteiger partial charge in [0.15, 0.2) is 0 Å². The minimum atomic E-state index is -0.170. The Morgan fingerprint density at radius 1 is 1.52 bits per heavy atom. The van der Waals surface area contributed by atoms with Gasteiger partial charge in [0.2, 0.25) is 0 Å². The highest BCUT2D eigenvalue weighted by Crippen LogP contribution is 2.14. The van der Waals surface area contributed by atoms with E-state index in [0.717, 1.165) is 38.5 Å². The molecule has 1 aromatic rings. The molecule has 1 aliphatic rings. The predicted molar refractivity (Wildman–Crippen MR) is 81.0 cm³/mol. The maximum Gasteiger partial charge on any atom is 0.255 e. The predicted octanol–water partition coefficient (Wildman–Crippen LogP) is 0.126. The monoisotopic (exact) mass is 293 g/mol. The Kier molecular flexibility index (Phi) is 5.49. The van der Waals surface area contributed by atoms with E-state index in [-0.39, 0.29) is 11.9 Å². The molecule has 1 saturated heterocycles. The van der Waals surface area contributed by atoms with Crippen LogP contribution in [-0.4, -0.2) is 54.7 Å². The van der Waals surface area contributed by atoms with Crippen LogP contribution in [-0.2, 0) is 4.74 Å². The summed E-state index contributed by atoms with van der Waals surface area (Å²) in [4.78, 5) is 18.7. The summed E-state index contributed by atoms with van der Waals surface area (Å²) >= 11 is 0. The minimum absolute atomic E-state index is 0.0440. The van der Waals surface area contributed by atoms with Gasteiger partial charge in [-0.25, -0.2) is 0 Å². The molecule has 0 bridgehead atoms. The lowest BCUT2D eigenvalue weighted by Gasteiger charge is -2.29. The number of hydrogen-bond donors (Lipinski definition) is 3. The van der Waals surface area contributed by atoms with Crippen molar-refractivity contribution in [2.24, 2.45) is 5.84 Å². The van der Waals surface area contributed by atoms with Crippen LogP contribution in [0, 0.1) is 6.92 Å².